The molecule has 0 atom stereocenters. The first-order valence-electron chi connectivity index (χ1n) is 4.85. The van der Waals surface area contributed by atoms with E-state index < -0.39 is 11.6 Å². The molecule has 0 spiro atoms. The van der Waals surface area contributed by atoms with Crippen molar-refractivity contribution in [2.24, 2.45) is 0 Å². The summed E-state index contributed by atoms with van der Waals surface area (Å²) in [4.78, 5) is 0.467. The van der Waals surface area contributed by atoms with Gasteiger partial charge in [-0.25, -0.2) is 8.78 Å². The van der Waals surface area contributed by atoms with Gasteiger partial charge in [-0.05, 0) is 30.3 Å². The first kappa shape index (κ1) is 13.5. The van der Waals surface area contributed by atoms with Crippen molar-refractivity contribution in [1.82, 2.24) is 0 Å². The van der Waals surface area contributed by atoms with Gasteiger partial charge in [0, 0.05) is 10.6 Å². The number of nitrogens with two attached hydrogens (primary N) is 1. The number of hydrogen-bond acceptors (Lipinski definition) is 2. The van der Waals surface area contributed by atoms with E-state index in [0.29, 0.717) is 14.9 Å². The summed E-state index contributed by atoms with van der Waals surface area (Å²) in [5.41, 5.74) is 5.38. The van der Waals surface area contributed by atoms with Crippen molar-refractivity contribution in [3.05, 3.63) is 52.0 Å². The summed E-state index contributed by atoms with van der Waals surface area (Å²) < 4.78 is 27.2. The molecule has 0 aliphatic rings. The van der Waals surface area contributed by atoms with Gasteiger partial charge in [0.15, 0.2) is 0 Å². The molecule has 0 fully saturated rings. The smallest absolute Gasteiger partial charge is 0.142 e. The second kappa shape index (κ2) is 5.34. The number of halogens is 4. The van der Waals surface area contributed by atoms with E-state index in [-0.39, 0.29) is 10.6 Å². The lowest BCUT2D eigenvalue weighted by molar-refractivity contribution is 0.542. The van der Waals surface area contributed by atoms with Crippen molar-refractivity contribution in [3.63, 3.8) is 0 Å². The number of benzene rings is 2. The van der Waals surface area contributed by atoms with E-state index in [1.54, 1.807) is 18.2 Å². The molecule has 1 nitrogen and oxygen atoms in total. The first-order valence-corrected chi connectivity index (χ1v) is 6.42. The highest BCUT2D eigenvalue weighted by Crippen LogP contribution is 2.35. The molecule has 2 N–H and O–H groups in total. The summed E-state index contributed by atoms with van der Waals surface area (Å²) >= 11 is 12.5. The zero-order chi connectivity index (χ0) is 13.3. The SMILES string of the molecule is Nc1cc(F)c(Sc2ccc(Cl)c(Cl)c2)c(F)c1. The molecule has 6 heteroatoms. The Balaban J connectivity index is 2.37. The van der Waals surface area contributed by atoms with Crippen LogP contribution in [-0.2, 0) is 0 Å². The van der Waals surface area contributed by atoms with Gasteiger partial charge in [-0.2, -0.15) is 0 Å². The zero-order valence-corrected chi connectivity index (χ0v) is 11.2. The first-order chi connectivity index (χ1) is 8.47. The van der Waals surface area contributed by atoms with E-state index in [1.807, 2.05) is 0 Å². The van der Waals surface area contributed by atoms with Gasteiger partial charge in [0.1, 0.15) is 11.6 Å². The van der Waals surface area contributed by atoms with Gasteiger partial charge < -0.3 is 5.73 Å². The maximum atomic E-state index is 13.6. The van der Waals surface area contributed by atoms with E-state index >= 15 is 0 Å². The van der Waals surface area contributed by atoms with Gasteiger partial charge in [0.2, 0.25) is 0 Å². The highest BCUT2D eigenvalue weighted by molar-refractivity contribution is 7.99. The molecule has 0 bridgehead atoms. The van der Waals surface area contributed by atoms with Crippen LogP contribution in [0.15, 0.2) is 40.1 Å². The molecular weight excluding hydrogens is 299 g/mol. The van der Waals surface area contributed by atoms with Gasteiger partial charge in [0.25, 0.3) is 0 Å². The summed E-state index contributed by atoms with van der Waals surface area (Å²) in [6.45, 7) is 0. The minimum Gasteiger partial charge on any atom is -0.399 e. The fourth-order valence-electron chi connectivity index (χ4n) is 1.34. The lowest BCUT2D eigenvalue weighted by Gasteiger charge is -2.06. The Morgan fingerprint density at radius 3 is 2.11 bits per heavy atom. The topological polar surface area (TPSA) is 26.0 Å². The van der Waals surface area contributed by atoms with Crippen molar-refractivity contribution in [2.45, 2.75) is 9.79 Å². The van der Waals surface area contributed by atoms with Gasteiger partial charge >= 0.3 is 0 Å². The number of nitrogen functional groups attached to an aromatic ring is 1. The predicted octanol–water partition coefficient (Wildman–Crippen LogP) is 5.01. The van der Waals surface area contributed by atoms with Crippen LogP contribution < -0.4 is 5.73 Å². The molecule has 0 amide bonds. The van der Waals surface area contributed by atoms with E-state index in [2.05, 4.69) is 0 Å². The lowest BCUT2D eigenvalue weighted by atomic mass is 10.3. The molecule has 0 unspecified atom stereocenters. The lowest BCUT2D eigenvalue weighted by Crippen LogP contribution is -1.93. The summed E-state index contributed by atoms with van der Waals surface area (Å²) in [5.74, 6) is -1.41. The van der Waals surface area contributed by atoms with Crippen molar-refractivity contribution >= 4 is 40.7 Å². The standard InChI is InChI=1S/C12H7Cl2F2NS/c13-8-2-1-7(5-9(8)14)18-12-10(15)3-6(17)4-11(12)16/h1-5H,17H2. The fraction of sp³-hybridized carbons (Fsp3) is 0. The monoisotopic (exact) mass is 305 g/mol. The van der Waals surface area contributed by atoms with Gasteiger partial charge in [-0.15, -0.1) is 0 Å². The van der Waals surface area contributed by atoms with E-state index in [1.165, 1.54) is 0 Å². The molecule has 0 aliphatic carbocycles. The average Bonchev–Trinajstić information content (AvgIpc) is 2.28. The summed E-state index contributed by atoms with van der Waals surface area (Å²) in [6.07, 6.45) is 0. The molecule has 18 heavy (non-hydrogen) atoms. The summed E-state index contributed by atoms with van der Waals surface area (Å²) in [5, 5.41) is 0.720. The Labute approximate surface area is 117 Å². The van der Waals surface area contributed by atoms with Crippen LogP contribution >= 0.6 is 35.0 Å². The molecule has 2 aromatic carbocycles. The Hall–Kier alpha value is -0.970. The largest absolute Gasteiger partial charge is 0.399 e. The Morgan fingerprint density at radius 2 is 1.56 bits per heavy atom. The fourth-order valence-corrected chi connectivity index (χ4v) is 2.56. The maximum absolute atomic E-state index is 13.6. The van der Waals surface area contributed by atoms with Crippen LogP contribution in [0.2, 0.25) is 10.0 Å². The molecule has 0 radical (unpaired) electrons. The van der Waals surface area contributed by atoms with E-state index in [4.69, 9.17) is 28.9 Å². The van der Waals surface area contributed by atoms with Crippen LogP contribution in [-0.4, -0.2) is 0 Å². The van der Waals surface area contributed by atoms with Crippen LogP contribution in [0.1, 0.15) is 0 Å². The number of anilines is 1. The molecule has 0 heterocycles. The molecule has 0 saturated carbocycles. The quantitative estimate of drug-likeness (QED) is 0.790. The molecular formula is C12H7Cl2F2NS. The van der Waals surface area contributed by atoms with Crippen molar-refractivity contribution in [2.75, 3.05) is 5.73 Å². The predicted molar refractivity (Wildman–Crippen MR) is 71.4 cm³/mol. The third-order valence-corrected chi connectivity index (χ3v) is 3.95. The number of hydrogen-bond donors (Lipinski definition) is 1. The van der Waals surface area contributed by atoms with E-state index in [9.17, 15) is 8.78 Å². The Kier molecular flexibility index (Phi) is 4.00. The minimum absolute atomic E-state index is 0.0449. The Morgan fingerprint density at radius 1 is 0.944 bits per heavy atom. The van der Waals surface area contributed by atoms with Crippen LogP contribution in [0.4, 0.5) is 14.5 Å². The van der Waals surface area contributed by atoms with Crippen LogP contribution in [0.25, 0.3) is 0 Å². The van der Waals surface area contributed by atoms with Gasteiger partial charge in [-0.1, -0.05) is 35.0 Å². The second-order valence-electron chi connectivity index (χ2n) is 3.49. The van der Waals surface area contributed by atoms with Crippen LogP contribution in [0.5, 0.6) is 0 Å². The van der Waals surface area contributed by atoms with Gasteiger partial charge in [-0.3, -0.25) is 0 Å². The summed E-state index contributed by atoms with van der Waals surface area (Å²) in [6, 6.07) is 6.89. The van der Waals surface area contributed by atoms with Crippen molar-refractivity contribution in [3.8, 4) is 0 Å². The van der Waals surface area contributed by atoms with Crippen LogP contribution in [0.3, 0.4) is 0 Å². The molecule has 2 aromatic rings. The zero-order valence-electron chi connectivity index (χ0n) is 8.88. The molecule has 0 saturated heterocycles. The Bertz CT molecular complexity index is 582. The highest BCUT2D eigenvalue weighted by atomic mass is 35.5. The van der Waals surface area contributed by atoms with Crippen LogP contribution in [0, 0.1) is 11.6 Å². The minimum atomic E-state index is -0.705. The van der Waals surface area contributed by atoms with Crippen molar-refractivity contribution in [1.29, 1.82) is 0 Å². The normalized spacial score (nSPS) is 10.7. The summed E-state index contributed by atoms with van der Waals surface area (Å²) in [7, 11) is 0. The second-order valence-corrected chi connectivity index (χ2v) is 5.39. The molecule has 0 aromatic heterocycles. The average molecular weight is 306 g/mol. The molecule has 2 rings (SSSR count). The highest BCUT2D eigenvalue weighted by Gasteiger charge is 2.12. The maximum Gasteiger partial charge on any atom is 0.142 e. The van der Waals surface area contributed by atoms with E-state index in [0.717, 1.165) is 23.9 Å². The molecule has 94 valence electrons. The molecule has 0 aliphatic heterocycles. The number of rotatable bonds is 2. The third-order valence-electron chi connectivity index (χ3n) is 2.13. The van der Waals surface area contributed by atoms with Gasteiger partial charge in [0.05, 0.1) is 14.9 Å². The van der Waals surface area contributed by atoms with Crippen molar-refractivity contribution < 1.29 is 8.78 Å². The third kappa shape index (κ3) is 2.88.